The van der Waals surface area contributed by atoms with E-state index in [0.717, 1.165) is 11.3 Å². The molecule has 0 heterocycles. The molecule has 0 aromatic heterocycles. The molecule has 0 fully saturated rings. The Bertz CT molecular complexity index is 555. The van der Waals surface area contributed by atoms with Crippen LogP contribution in [-0.4, -0.2) is 4.99 Å². The maximum absolute atomic E-state index is 13.0. The van der Waals surface area contributed by atoms with Gasteiger partial charge in [-0.25, -0.2) is 4.39 Å². The lowest BCUT2D eigenvalue weighted by Crippen LogP contribution is -2.11. The summed E-state index contributed by atoms with van der Waals surface area (Å²) in [7, 11) is 0. The van der Waals surface area contributed by atoms with Gasteiger partial charge in [0.1, 0.15) is 10.8 Å². The number of thiocarbonyl (C=S) groups is 1. The summed E-state index contributed by atoms with van der Waals surface area (Å²) in [6.45, 7) is 0. The van der Waals surface area contributed by atoms with Gasteiger partial charge in [-0.2, -0.15) is 0 Å². The van der Waals surface area contributed by atoms with Crippen LogP contribution in [0.4, 0.5) is 15.8 Å². The smallest absolute Gasteiger partial charge is 0.125 e. The zero-order valence-corrected chi connectivity index (χ0v) is 9.80. The number of hydrogen-bond acceptors (Lipinski definition) is 2. The molecule has 0 unspecified atom stereocenters. The third-order valence-corrected chi connectivity index (χ3v) is 2.52. The van der Waals surface area contributed by atoms with Gasteiger partial charge in [0.15, 0.2) is 0 Å². The van der Waals surface area contributed by atoms with Crippen molar-refractivity contribution in [2.75, 3.05) is 5.32 Å². The van der Waals surface area contributed by atoms with Gasteiger partial charge in [0.05, 0.1) is 0 Å². The minimum atomic E-state index is -0.289. The molecule has 2 aromatic rings. The molecule has 17 heavy (non-hydrogen) atoms. The number of anilines is 2. The molecule has 0 bridgehead atoms. The maximum Gasteiger partial charge on any atom is 0.125 e. The first-order valence-corrected chi connectivity index (χ1v) is 5.49. The Balaban J connectivity index is 2.33. The number of para-hydroxylation sites is 1. The molecular weight excluding hydrogens is 235 g/mol. The molecule has 3 N–H and O–H groups in total. The number of nitrogens with one attached hydrogen (secondary N) is 1. The molecule has 0 amide bonds. The van der Waals surface area contributed by atoms with E-state index in [1.165, 1.54) is 12.1 Å². The van der Waals surface area contributed by atoms with Gasteiger partial charge < -0.3 is 11.1 Å². The topological polar surface area (TPSA) is 38.0 Å². The predicted octanol–water partition coefficient (Wildman–Crippen LogP) is 3.20. The molecular formula is C13H11FN2S. The van der Waals surface area contributed by atoms with Crippen molar-refractivity contribution in [3.8, 4) is 0 Å². The number of hydrogen-bond donors (Lipinski definition) is 2. The van der Waals surface area contributed by atoms with Crippen LogP contribution in [0.3, 0.4) is 0 Å². The van der Waals surface area contributed by atoms with Crippen molar-refractivity contribution in [3.63, 3.8) is 0 Å². The van der Waals surface area contributed by atoms with Gasteiger partial charge in [0.2, 0.25) is 0 Å². The molecule has 0 atom stereocenters. The predicted molar refractivity (Wildman–Crippen MR) is 72.0 cm³/mol. The number of rotatable bonds is 3. The Hall–Kier alpha value is -1.94. The standard InChI is InChI=1S/C13H11FN2S/c14-9-4-3-5-10(8-9)16-12-7-2-1-6-11(12)13(15)17/h1-8,16H,(H2,15,17). The first-order valence-electron chi connectivity index (χ1n) is 5.08. The lowest BCUT2D eigenvalue weighted by Gasteiger charge is -2.10. The highest BCUT2D eigenvalue weighted by Crippen LogP contribution is 2.21. The van der Waals surface area contributed by atoms with Crippen molar-refractivity contribution >= 4 is 28.6 Å². The number of benzene rings is 2. The third-order valence-electron chi connectivity index (χ3n) is 2.30. The molecule has 2 rings (SSSR count). The van der Waals surface area contributed by atoms with Gasteiger partial charge >= 0.3 is 0 Å². The van der Waals surface area contributed by atoms with E-state index in [0.29, 0.717) is 10.7 Å². The second kappa shape index (κ2) is 4.93. The van der Waals surface area contributed by atoms with Crippen LogP contribution < -0.4 is 11.1 Å². The van der Waals surface area contributed by atoms with Crippen molar-refractivity contribution in [1.29, 1.82) is 0 Å². The van der Waals surface area contributed by atoms with Crippen LogP contribution in [0.15, 0.2) is 48.5 Å². The van der Waals surface area contributed by atoms with Crippen molar-refractivity contribution in [2.24, 2.45) is 5.73 Å². The minimum Gasteiger partial charge on any atom is -0.389 e. The van der Waals surface area contributed by atoms with E-state index >= 15 is 0 Å². The molecule has 2 aromatic carbocycles. The van der Waals surface area contributed by atoms with Gasteiger partial charge in [-0.05, 0) is 30.3 Å². The van der Waals surface area contributed by atoms with Crippen LogP contribution in [0.1, 0.15) is 5.56 Å². The summed E-state index contributed by atoms with van der Waals surface area (Å²) in [6, 6.07) is 13.6. The van der Waals surface area contributed by atoms with Gasteiger partial charge in [-0.15, -0.1) is 0 Å². The highest BCUT2D eigenvalue weighted by atomic mass is 32.1. The zero-order chi connectivity index (χ0) is 12.3. The van der Waals surface area contributed by atoms with E-state index in [1.807, 2.05) is 24.3 Å². The second-order valence-corrected chi connectivity index (χ2v) is 3.99. The summed E-state index contributed by atoms with van der Waals surface area (Å²) in [6.07, 6.45) is 0. The summed E-state index contributed by atoms with van der Waals surface area (Å²) < 4.78 is 13.0. The summed E-state index contributed by atoms with van der Waals surface area (Å²) >= 11 is 4.96. The van der Waals surface area contributed by atoms with Crippen LogP contribution >= 0.6 is 12.2 Å². The maximum atomic E-state index is 13.0. The Labute approximate surface area is 104 Å². The third kappa shape index (κ3) is 2.79. The first kappa shape index (κ1) is 11.5. The fourth-order valence-corrected chi connectivity index (χ4v) is 1.71. The summed E-state index contributed by atoms with van der Waals surface area (Å²) in [5.41, 5.74) is 7.79. The monoisotopic (exact) mass is 246 g/mol. The van der Waals surface area contributed by atoms with Gasteiger partial charge in [0, 0.05) is 16.9 Å². The Morgan fingerprint density at radius 3 is 2.59 bits per heavy atom. The van der Waals surface area contributed by atoms with Crippen molar-refractivity contribution in [2.45, 2.75) is 0 Å². The van der Waals surface area contributed by atoms with Crippen LogP contribution in [0.25, 0.3) is 0 Å². The van der Waals surface area contributed by atoms with Gasteiger partial charge in [-0.3, -0.25) is 0 Å². The number of halogens is 1. The molecule has 0 aliphatic carbocycles. The van der Waals surface area contributed by atoms with Gasteiger partial charge in [0.25, 0.3) is 0 Å². The normalized spacial score (nSPS) is 9.94. The van der Waals surface area contributed by atoms with E-state index in [-0.39, 0.29) is 5.82 Å². The summed E-state index contributed by atoms with van der Waals surface area (Å²) in [5, 5.41) is 3.09. The van der Waals surface area contributed by atoms with E-state index in [1.54, 1.807) is 12.1 Å². The largest absolute Gasteiger partial charge is 0.389 e. The quantitative estimate of drug-likeness (QED) is 0.817. The Kier molecular flexibility index (Phi) is 3.35. The lowest BCUT2D eigenvalue weighted by atomic mass is 10.1. The molecule has 0 aliphatic rings. The molecule has 86 valence electrons. The fourth-order valence-electron chi connectivity index (χ4n) is 1.53. The van der Waals surface area contributed by atoms with E-state index in [2.05, 4.69) is 5.32 Å². The molecule has 0 aliphatic heterocycles. The van der Waals surface area contributed by atoms with Gasteiger partial charge in [-0.1, -0.05) is 30.4 Å². The molecule has 2 nitrogen and oxygen atoms in total. The fraction of sp³-hybridized carbons (Fsp3) is 0. The molecule has 0 spiro atoms. The van der Waals surface area contributed by atoms with Crippen LogP contribution in [0, 0.1) is 5.82 Å². The van der Waals surface area contributed by atoms with Crippen molar-refractivity contribution in [3.05, 3.63) is 59.9 Å². The van der Waals surface area contributed by atoms with Crippen LogP contribution in [0.5, 0.6) is 0 Å². The summed E-state index contributed by atoms with van der Waals surface area (Å²) in [5.74, 6) is -0.289. The van der Waals surface area contributed by atoms with E-state index in [4.69, 9.17) is 18.0 Å². The minimum absolute atomic E-state index is 0.289. The average molecular weight is 246 g/mol. The highest BCUT2D eigenvalue weighted by Gasteiger charge is 2.04. The Morgan fingerprint density at radius 2 is 1.88 bits per heavy atom. The lowest BCUT2D eigenvalue weighted by molar-refractivity contribution is 0.628. The highest BCUT2D eigenvalue weighted by molar-refractivity contribution is 7.80. The van der Waals surface area contributed by atoms with E-state index in [9.17, 15) is 4.39 Å². The molecule has 4 heteroatoms. The average Bonchev–Trinajstić information content (AvgIpc) is 2.29. The van der Waals surface area contributed by atoms with Crippen LogP contribution in [0.2, 0.25) is 0 Å². The Morgan fingerprint density at radius 1 is 1.12 bits per heavy atom. The van der Waals surface area contributed by atoms with E-state index < -0.39 is 0 Å². The van der Waals surface area contributed by atoms with Crippen molar-refractivity contribution < 1.29 is 4.39 Å². The number of nitrogens with two attached hydrogens (primary N) is 1. The van der Waals surface area contributed by atoms with Crippen molar-refractivity contribution in [1.82, 2.24) is 0 Å². The second-order valence-electron chi connectivity index (χ2n) is 3.55. The first-order chi connectivity index (χ1) is 8.16. The van der Waals surface area contributed by atoms with Crippen LogP contribution in [-0.2, 0) is 0 Å². The molecule has 0 radical (unpaired) electrons. The molecule has 0 saturated carbocycles. The summed E-state index contributed by atoms with van der Waals surface area (Å²) in [4.78, 5) is 0.310. The molecule has 0 saturated heterocycles. The SMILES string of the molecule is NC(=S)c1ccccc1Nc1cccc(F)c1. The zero-order valence-electron chi connectivity index (χ0n) is 8.98.